The van der Waals surface area contributed by atoms with Gasteiger partial charge in [0.1, 0.15) is 5.69 Å². The zero-order chi connectivity index (χ0) is 18.1. The van der Waals surface area contributed by atoms with Crippen LogP contribution in [0.2, 0.25) is 0 Å². The van der Waals surface area contributed by atoms with Crippen molar-refractivity contribution in [1.82, 2.24) is 14.3 Å². The Balaban J connectivity index is 1.50. The third kappa shape index (κ3) is 3.22. The van der Waals surface area contributed by atoms with Crippen LogP contribution in [0.25, 0.3) is 4.96 Å². The molecule has 7 heteroatoms. The highest BCUT2D eigenvalue weighted by Gasteiger charge is 2.25. The van der Waals surface area contributed by atoms with Gasteiger partial charge >= 0.3 is 6.03 Å². The first-order valence-corrected chi connectivity index (χ1v) is 9.57. The van der Waals surface area contributed by atoms with E-state index >= 15 is 0 Å². The monoisotopic (exact) mass is 368 g/mol. The van der Waals surface area contributed by atoms with Crippen LogP contribution in [0.4, 0.5) is 10.5 Å². The van der Waals surface area contributed by atoms with E-state index in [2.05, 4.69) is 41.5 Å². The van der Waals surface area contributed by atoms with Gasteiger partial charge in [-0.3, -0.25) is 9.20 Å². The predicted octanol–water partition coefficient (Wildman–Crippen LogP) is 3.48. The topological polar surface area (TPSA) is 66.7 Å². The van der Waals surface area contributed by atoms with Gasteiger partial charge < -0.3 is 10.2 Å². The van der Waals surface area contributed by atoms with E-state index in [0.717, 1.165) is 12.8 Å². The molecule has 26 heavy (non-hydrogen) atoms. The SMILES string of the molecule is Cc1cccc(C2CCCN(C(=O)Nc3cnc4sccn4c3=O)C2)c1. The molecule has 1 N–H and O–H groups in total. The summed E-state index contributed by atoms with van der Waals surface area (Å²) in [4.78, 5) is 31.7. The van der Waals surface area contributed by atoms with Gasteiger partial charge in [-0.2, -0.15) is 0 Å². The Morgan fingerprint density at radius 1 is 1.38 bits per heavy atom. The standard InChI is InChI=1S/C19H20N4O2S/c1-13-4-2-5-14(10-13)15-6-3-7-22(12-15)18(25)21-16-11-20-19-23(17(16)24)8-9-26-19/h2,4-5,8-11,15H,3,6-7,12H2,1H3,(H,21,25). The third-order valence-electron chi connectivity index (χ3n) is 4.81. The number of fused-ring (bicyclic) bond motifs is 1. The predicted molar refractivity (Wildman–Crippen MR) is 103 cm³/mol. The first-order valence-electron chi connectivity index (χ1n) is 8.69. The summed E-state index contributed by atoms with van der Waals surface area (Å²) < 4.78 is 1.45. The van der Waals surface area contributed by atoms with E-state index in [0.29, 0.717) is 24.0 Å². The molecule has 3 heterocycles. The number of anilines is 1. The lowest BCUT2D eigenvalue weighted by molar-refractivity contribution is 0.192. The number of likely N-dealkylation sites (tertiary alicyclic amines) is 1. The number of thiazole rings is 1. The second-order valence-electron chi connectivity index (χ2n) is 6.66. The van der Waals surface area contributed by atoms with Crippen LogP contribution in [0, 0.1) is 6.92 Å². The fourth-order valence-corrected chi connectivity index (χ4v) is 4.14. The van der Waals surface area contributed by atoms with Gasteiger partial charge in [0.05, 0.1) is 6.20 Å². The van der Waals surface area contributed by atoms with Crippen molar-refractivity contribution in [2.75, 3.05) is 18.4 Å². The molecule has 2 aromatic heterocycles. The molecule has 1 atom stereocenters. The molecule has 0 aliphatic carbocycles. The molecule has 134 valence electrons. The summed E-state index contributed by atoms with van der Waals surface area (Å²) in [7, 11) is 0. The summed E-state index contributed by atoms with van der Waals surface area (Å²) >= 11 is 1.38. The summed E-state index contributed by atoms with van der Waals surface area (Å²) in [6, 6.07) is 8.22. The van der Waals surface area contributed by atoms with Crippen molar-refractivity contribution in [3.8, 4) is 0 Å². The minimum Gasteiger partial charge on any atom is -0.324 e. The van der Waals surface area contributed by atoms with Crippen molar-refractivity contribution in [3.05, 3.63) is 63.5 Å². The second-order valence-corrected chi connectivity index (χ2v) is 7.54. The molecule has 1 aliphatic heterocycles. The highest BCUT2D eigenvalue weighted by atomic mass is 32.1. The smallest absolute Gasteiger partial charge is 0.322 e. The summed E-state index contributed by atoms with van der Waals surface area (Å²) in [5.41, 5.74) is 2.46. The Bertz CT molecular complexity index is 1010. The molecule has 1 aromatic carbocycles. The number of amides is 2. The molecule has 0 bridgehead atoms. The molecule has 0 radical (unpaired) electrons. The zero-order valence-corrected chi connectivity index (χ0v) is 15.3. The molecule has 1 saturated heterocycles. The summed E-state index contributed by atoms with van der Waals surface area (Å²) in [6.45, 7) is 3.44. The lowest BCUT2D eigenvalue weighted by Crippen LogP contribution is -2.42. The average molecular weight is 368 g/mol. The van der Waals surface area contributed by atoms with E-state index in [1.807, 2.05) is 0 Å². The van der Waals surface area contributed by atoms with Crippen molar-refractivity contribution in [2.24, 2.45) is 0 Å². The number of benzene rings is 1. The van der Waals surface area contributed by atoms with Gasteiger partial charge in [-0.1, -0.05) is 29.8 Å². The molecule has 6 nitrogen and oxygen atoms in total. The molecule has 2 amide bonds. The molecule has 3 aromatic rings. The lowest BCUT2D eigenvalue weighted by Gasteiger charge is -2.33. The molecular weight excluding hydrogens is 348 g/mol. The fraction of sp³-hybridized carbons (Fsp3) is 0.316. The highest BCUT2D eigenvalue weighted by molar-refractivity contribution is 7.15. The van der Waals surface area contributed by atoms with Gasteiger partial charge in [-0.05, 0) is 25.3 Å². The Kier molecular flexibility index (Phi) is 4.46. The van der Waals surface area contributed by atoms with Crippen molar-refractivity contribution >= 4 is 28.0 Å². The van der Waals surface area contributed by atoms with Crippen molar-refractivity contribution in [2.45, 2.75) is 25.7 Å². The van der Waals surface area contributed by atoms with Gasteiger partial charge in [-0.15, -0.1) is 11.3 Å². The number of rotatable bonds is 2. The van der Waals surface area contributed by atoms with E-state index in [-0.39, 0.29) is 17.3 Å². The summed E-state index contributed by atoms with van der Waals surface area (Å²) in [5, 5.41) is 4.54. The van der Waals surface area contributed by atoms with Crippen LogP contribution in [0.5, 0.6) is 0 Å². The molecule has 0 saturated carbocycles. The van der Waals surface area contributed by atoms with Crippen LogP contribution in [-0.2, 0) is 0 Å². The lowest BCUT2D eigenvalue weighted by atomic mass is 9.90. The highest BCUT2D eigenvalue weighted by Crippen LogP contribution is 2.27. The van der Waals surface area contributed by atoms with Crippen molar-refractivity contribution in [3.63, 3.8) is 0 Å². The van der Waals surface area contributed by atoms with E-state index in [9.17, 15) is 9.59 Å². The number of aromatic nitrogens is 2. The Morgan fingerprint density at radius 3 is 3.12 bits per heavy atom. The van der Waals surface area contributed by atoms with Gasteiger partial charge in [0.15, 0.2) is 4.96 Å². The van der Waals surface area contributed by atoms with Crippen LogP contribution < -0.4 is 10.9 Å². The number of urea groups is 1. The molecule has 1 unspecified atom stereocenters. The van der Waals surface area contributed by atoms with E-state index < -0.39 is 0 Å². The maximum absolute atomic E-state index is 12.7. The Labute approximate surface area is 155 Å². The van der Waals surface area contributed by atoms with Crippen LogP contribution in [0.1, 0.15) is 29.9 Å². The maximum atomic E-state index is 12.7. The number of hydrogen-bond acceptors (Lipinski definition) is 4. The number of carbonyl (C=O) groups is 1. The number of aryl methyl sites for hydroxylation is 1. The largest absolute Gasteiger partial charge is 0.324 e. The Hall–Kier alpha value is -2.67. The van der Waals surface area contributed by atoms with Crippen molar-refractivity contribution in [1.29, 1.82) is 0 Å². The minimum atomic E-state index is -0.253. The summed E-state index contributed by atoms with van der Waals surface area (Å²) in [6.07, 6.45) is 5.12. The fourth-order valence-electron chi connectivity index (χ4n) is 3.46. The van der Waals surface area contributed by atoms with Crippen LogP contribution in [0.3, 0.4) is 0 Å². The number of nitrogens with one attached hydrogen (secondary N) is 1. The average Bonchev–Trinajstić information content (AvgIpc) is 3.14. The minimum absolute atomic E-state index is 0.212. The quantitative estimate of drug-likeness (QED) is 0.753. The third-order valence-corrected chi connectivity index (χ3v) is 5.58. The van der Waals surface area contributed by atoms with Crippen LogP contribution >= 0.6 is 11.3 Å². The van der Waals surface area contributed by atoms with Crippen LogP contribution in [-0.4, -0.2) is 33.4 Å². The Morgan fingerprint density at radius 2 is 2.27 bits per heavy atom. The first-order chi connectivity index (χ1) is 12.6. The van der Waals surface area contributed by atoms with Gasteiger partial charge in [0.2, 0.25) is 0 Å². The zero-order valence-electron chi connectivity index (χ0n) is 14.5. The van der Waals surface area contributed by atoms with Crippen LogP contribution in [0.15, 0.2) is 46.8 Å². The first kappa shape index (κ1) is 16.8. The molecule has 1 fully saturated rings. The van der Waals surface area contributed by atoms with Gasteiger partial charge in [-0.25, -0.2) is 9.78 Å². The number of hydrogen-bond donors (Lipinski definition) is 1. The van der Waals surface area contributed by atoms with Gasteiger partial charge in [0.25, 0.3) is 5.56 Å². The molecule has 1 aliphatic rings. The number of carbonyl (C=O) groups excluding carboxylic acids is 1. The van der Waals surface area contributed by atoms with E-state index in [1.165, 1.54) is 33.1 Å². The summed E-state index contributed by atoms with van der Waals surface area (Å²) in [5.74, 6) is 0.327. The number of piperidine rings is 1. The number of nitrogens with zero attached hydrogens (tertiary/aromatic N) is 3. The van der Waals surface area contributed by atoms with Crippen molar-refractivity contribution < 1.29 is 4.79 Å². The molecule has 4 rings (SSSR count). The molecular formula is C19H20N4O2S. The molecule has 0 spiro atoms. The van der Waals surface area contributed by atoms with E-state index in [1.54, 1.807) is 16.5 Å². The van der Waals surface area contributed by atoms with Gasteiger partial charge in [0, 0.05) is 30.6 Å². The maximum Gasteiger partial charge on any atom is 0.322 e. The van der Waals surface area contributed by atoms with E-state index in [4.69, 9.17) is 0 Å². The normalized spacial score (nSPS) is 17.4. The second kappa shape index (κ2) is 6.92.